The standard InChI is InChI=1S/C11H21NO3/c1-2-14-11(13)15-10-6-9-12-7-4-3-5-8-12/h2-10H2,1H3. The van der Waals surface area contributed by atoms with Gasteiger partial charge in [0.1, 0.15) is 0 Å². The average Bonchev–Trinajstić information content (AvgIpc) is 2.26. The zero-order valence-electron chi connectivity index (χ0n) is 9.54. The maximum atomic E-state index is 10.8. The second-order valence-electron chi connectivity index (χ2n) is 3.79. The minimum absolute atomic E-state index is 0.380. The van der Waals surface area contributed by atoms with E-state index in [1.54, 1.807) is 6.92 Å². The molecule has 0 amide bonds. The summed E-state index contributed by atoms with van der Waals surface area (Å²) in [5, 5.41) is 0. The van der Waals surface area contributed by atoms with Crippen molar-refractivity contribution in [3.63, 3.8) is 0 Å². The molecule has 0 atom stereocenters. The molecular weight excluding hydrogens is 194 g/mol. The highest BCUT2D eigenvalue weighted by atomic mass is 16.7. The summed E-state index contributed by atoms with van der Waals surface area (Å²) in [6.45, 7) is 6.04. The molecule has 0 bridgehead atoms. The van der Waals surface area contributed by atoms with Gasteiger partial charge in [-0.1, -0.05) is 6.42 Å². The van der Waals surface area contributed by atoms with E-state index in [4.69, 9.17) is 4.74 Å². The van der Waals surface area contributed by atoms with Crippen LogP contribution in [-0.2, 0) is 9.47 Å². The zero-order chi connectivity index (χ0) is 10.9. The van der Waals surface area contributed by atoms with Gasteiger partial charge >= 0.3 is 6.16 Å². The number of ether oxygens (including phenoxy) is 2. The molecule has 0 unspecified atom stereocenters. The van der Waals surface area contributed by atoms with Crippen LogP contribution in [0.3, 0.4) is 0 Å². The van der Waals surface area contributed by atoms with Gasteiger partial charge in [-0.3, -0.25) is 0 Å². The quantitative estimate of drug-likeness (QED) is 0.519. The molecule has 1 fully saturated rings. The van der Waals surface area contributed by atoms with Gasteiger partial charge in [0.25, 0.3) is 0 Å². The number of nitrogens with zero attached hydrogens (tertiary/aromatic N) is 1. The molecule has 4 heteroatoms. The number of likely N-dealkylation sites (tertiary alicyclic amines) is 1. The molecule has 1 saturated heterocycles. The Morgan fingerprint density at radius 3 is 2.60 bits per heavy atom. The van der Waals surface area contributed by atoms with E-state index >= 15 is 0 Å². The van der Waals surface area contributed by atoms with E-state index in [-0.39, 0.29) is 0 Å². The lowest BCUT2D eigenvalue weighted by Gasteiger charge is -2.26. The van der Waals surface area contributed by atoms with Crippen molar-refractivity contribution in [1.82, 2.24) is 4.90 Å². The zero-order valence-corrected chi connectivity index (χ0v) is 9.54. The SMILES string of the molecule is CCOC(=O)OCCCN1CCCCC1. The van der Waals surface area contributed by atoms with Crippen molar-refractivity contribution in [3.05, 3.63) is 0 Å². The van der Waals surface area contributed by atoms with Crippen LogP contribution in [0.4, 0.5) is 4.79 Å². The Morgan fingerprint density at radius 2 is 1.93 bits per heavy atom. The van der Waals surface area contributed by atoms with Gasteiger partial charge in [0.2, 0.25) is 0 Å². The molecule has 1 rings (SSSR count). The van der Waals surface area contributed by atoms with Crippen LogP contribution in [0.25, 0.3) is 0 Å². The van der Waals surface area contributed by atoms with Crippen molar-refractivity contribution < 1.29 is 14.3 Å². The van der Waals surface area contributed by atoms with Gasteiger partial charge in [0.05, 0.1) is 13.2 Å². The third-order valence-corrected chi connectivity index (χ3v) is 2.55. The topological polar surface area (TPSA) is 38.8 Å². The van der Waals surface area contributed by atoms with Crippen molar-refractivity contribution in [2.45, 2.75) is 32.6 Å². The van der Waals surface area contributed by atoms with Gasteiger partial charge in [-0.15, -0.1) is 0 Å². The maximum Gasteiger partial charge on any atom is 0.508 e. The van der Waals surface area contributed by atoms with Crippen LogP contribution >= 0.6 is 0 Å². The first-order chi connectivity index (χ1) is 7.33. The number of hydrogen-bond acceptors (Lipinski definition) is 4. The van der Waals surface area contributed by atoms with Crippen LogP contribution in [0, 0.1) is 0 Å². The molecule has 1 aliphatic heterocycles. The van der Waals surface area contributed by atoms with Crippen LogP contribution in [0.15, 0.2) is 0 Å². The minimum atomic E-state index is -0.545. The van der Waals surface area contributed by atoms with Crippen LogP contribution in [0.1, 0.15) is 32.6 Å². The summed E-state index contributed by atoms with van der Waals surface area (Å²) in [6.07, 6.45) is 4.32. The summed E-state index contributed by atoms with van der Waals surface area (Å²) < 4.78 is 9.54. The Bertz CT molecular complexity index is 179. The van der Waals surface area contributed by atoms with E-state index in [1.165, 1.54) is 32.4 Å². The molecule has 1 aliphatic rings. The minimum Gasteiger partial charge on any atom is -0.435 e. The fraction of sp³-hybridized carbons (Fsp3) is 0.909. The fourth-order valence-electron chi connectivity index (χ4n) is 1.79. The van der Waals surface area contributed by atoms with Gasteiger partial charge in [-0.2, -0.15) is 0 Å². The Labute approximate surface area is 91.5 Å². The number of hydrogen-bond donors (Lipinski definition) is 0. The second kappa shape index (κ2) is 7.51. The summed E-state index contributed by atoms with van der Waals surface area (Å²) in [4.78, 5) is 13.3. The van der Waals surface area contributed by atoms with Crippen molar-refractivity contribution in [1.29, 1.82) is 0 Å². The number of piperidine rings is 1. The molecule has 1 heterocycles. The summed E-state index contributed by atoms with van der Waals surface area (Å²) in [5.41, 5.74) is 0. The smallest absolute Gasteiger partial charge is 0.435 e. The summed E-state index contributed by atoms with van der Waals surface area (Å²) in [7, 11) is 0. The third kappa shape index (κ3) is 5.62. The summed E-state index contributed by atoms with van der Waals surface area (Å²) in [5.74, 6) is 0. The molecule has 15 heavy (non-hydrogen) atoms. The van der Waals surface area contributed by atoms with E-state index in [1.807, 2.05) is 0 Å². The van der Waals surface area contributed by atoms with Crippen molar-refractivity contribution in [2.75, 3.05) is 32.8 Å². The largest absolute Gasteiger partial charge is 0.508 e. The molecule has 0 N–H and O–H groups in total. The van der Waals surface area contributed by atoms with Gasteiger partial charge in [0, 0.05) is 6.54 Å². The Balaban J connectivity index is 1.93. The van der Waals surface area contributed by atoms with E-state index in [2.05, 4.69) is 9.64 Å². The predicted molar refractivity (Wildman–Crippen MR) is 57.9 cm³/mol. The lowest BCUT2D eigenvalue weighted by Crippen LogP contribution is -2.31. The maximum absolute atomic E-state index is 10.8. The first-order valence-electron chi connectivity index (χ1n) is 5.85. The molecule has 88 valence electrons. The van der Waals surface area contributed by atoms with Crippen LogP contribution in [0.2, 0.25) is 0 Å². The van der Waals surface area contributed by atoms with E-state index in [9.17, 15) is 4.79 Å². The van der Waals surface area contributed by atoms with Crippen LogP contribution < -0.4 is 0 Å². The molecule has 0 radical (unpaired) electrons. The van der Waals surface area contributed by atoms with E-state index in [0.717, 1.165) is 13.0 Å². The Hall–Kier alpha value is -0.770. The first kappa shape index (κ1) is 12.3. The van der Waals surface area contributed by atoms with Crippen molar-refractivity contribution in [2.24, 2.45) is 0 Å². The second-order valence-corrected chi connectivity index (χ2v) is 3.79. The number of carbonyl (C=O) groups excluding carboxylic acids is 1. The van der Waals surface area contributed by atoms with Gasteiger partial charge in [0.15, 0.2) is 0 Å². The highest BCUT2D eigenvalue weighted by Gasteiger charge is 2.09. The molecular formula is C11H21NO3. The average molecular weight is 215 g/mol. The molecule has 0 saturated carbocycles. The van der Waals surface area contributed by atoms with E-state index in [0.29, 0.717) is 13.2 Å². The Morgan fingerprint density at radius 1 is 1.20 bits per heavy atom. The lowest BCUT2D eigenvalue weighted by atomic mass is 10.1. The molecule has 0 aromatic rings. The molecule has 0 aliphatic carbocycles. The Kier molecular flexibility index (Phi) is 6.16. The van der Waals surface area contributed by atoms with Crippen LogP contribution in [-0.4, -0.2) is 43.9 Å². The van der Waals surface area contributed by atoms with Gasteiger partial charge < -0.3 is 14.4 Å². The highest BCUT2D eigenvalue weighted by Crippen LogP contribution is 2.08. The highest BCUT2D eigenvalue weighted by molar-refractivity contribution is 5.59. The molecule has 4 nitrogen and oxygen atoms in total. The first-order valence-corrected chi connectivity index (χ1v) is 5.85. The van der Waals surface area contributed by atoms with Gasteiger partial charge in [-0.05, 0) is 39.3 Å². The fourth-order valence-corrected chi connectivity index (χ4v) is 1.79. The predicted octanol–water partition coefficient (Wildman–Crippen LogP) is 2.04. The monoisotopic (exact) mass is 215 g/mol. The molecule has 0 spiro atoms. The molecule has 0 aromatic carbocycles. The van der Waals surface area contributed by atoms with Crippen LogP contribution in [0.5, 0.6) is 0 Å². The van der Waals surface area contributed by atoms with E-state index < -0.39 is 6.16 Å². The third-order valence-electron chi connectivity index (χ3n) is 2.55. The normalized spacial score (nSPS) is 17.4. The van der Waals surface area contributed by atoms with Gasteiger partial charge in [-0.25, -0.2) is 4.79 Å². The number of carbonyl (C=O) groups is 1. The summed E-state index contributed by atoms with van der Waals surface area (Å²) >= 11 is 0. The number of rotatable bonds is 5. The van der Waals surface area contributed by atoms with Crippen molar-refractivity contribution >= 4 is 6.16 Å². The summed E-state index contributed by atoms with van der Waals surface area (Å²) in [6, 6.07) is 0. The van der Waals surface area contributed by atoms with Crippen molar-refractivity contribution in [3.8, 4) is 0 Å². The molecule has 0 aromatic heterocycles. The lowest BCUT2D eigenvalue weighted by molar-refractivity contribution is 0.0555.